The lowest BCUT2D eigenvalue weighted by molar-refractivity contribution is 0.0672. The van der Waals surface area contributed by atoms with Gasteiger partial charge in [-0.05, 0) is 36.2 Å². The fraction of sp³-hybridized carbons (Fsp3) is 0.450. The minimum atomic E-state index is 0.119. The molecular weight excluding hydrogens is 372 g/mol. The largest absolute Gasteiger partial charge is 0.353 e. The summed E-state index contributed by atoms with van der Waals surface area (Å²) in [7, 11) is 0. The lowest BCUT2D eigenvalue weighted by atomic mass is 10.2. The SMILES string of the molecule is Cc1cnn2c1C(=O)N(CCN1CCN(c3nsc4ccccc34)CC1)CC2. The topological polar surface area (TPSA) is 57.5 Å². The van der Waals surface area contributed by atoms with Gasteiger partial charge in [0.05, 0.1) is 17.4 Å². The second-order valence-corrected chi connectivity index (χ2v) is 8.33. The molecule has 7 nitrogen and oxygen atoms in total. The predicted octanol–water partition coefficient (Wildman–Crippen LogP) is 2.08. The van der Waals surface area contributed by atoms with E-state index in [0.29, 0.717) is 0 Å². The van der Waals surface area contributed by atoms with Gasteiger partial charge in [-0.1, -0.05) is 12.1 Å². The number of rotatable bonds is 4. The van der Waals surface area contributed by atoms with Crippen LogP contribution in [0.1, 0.15) is 16.1 Å². The molecule has 8 heteroatoms. The molecule has 1 amide bonds. The number of aromatic nitrogens is 3. The third kappa shape index (κ3) is 3.06. The number of amides is 1. The second kappa shape index (κ2) is 7.18. The summed E-state index contributed by atoms with van der Waals surface area (Å²) in [6.07, 6.45) is 1.79. The van der Waals surface area contributed by atoms with Gasteiger partial charge in [0.25, 0.3) is 5.91 Å². The molecule has 0 N–H and O–H groups in total. The summed E-state index contributed by atoms with van der Waals surface area (Å²) < 4.78 is 7.77. The number of anilines is 1. The maximum Gasteiger partial charge on any atom is 0.272 e. The number of hydrogen-bond donors (Lipinski definition) is 0. The van der Waals surface area contributed by atoms with Crippen molar-refractivity contribution in [2.24, 2.45) is 0 Å². The van der Waals surface area contributed by atoms with Crippen molar-refractivity contribution in [2.75, 3.05) is 50.7 Å². The summed E-state index contributed by atoms with van der Waals surface area (Å²) in [4.78, 5) is 19.6. The minimum absolute atomic E-state index is 0.119. The van der Waals surface area contributed by atoms with E-state index >= 15 is 0 Å². The van der Waals surface area contributed by atoms with Crippen molar-refractivity contribution in [1.29, 1.82) is 0 Å². The van der Waals surface area contributed by atoms with Crippen LogP contribution >= 0.6 is 11.5 Å². The maximum atomic E-state index is 12.7. The van der Waals surface area contributed by atoms with Crippen LogP contribution in [0.15, 0.2) is 30.5 Å². The van der Waals surface area contributed by atoms with E-state index in [2.05, 4.69) is 43.5 Å². The zero-order valence-electron chi connectivity index (χ0n) is 16.0. The number of fused-ring (bicyclic) bond motifs is 2. The molecule has 0 radical (unpaired) electrons. The van der Waals surface area contributed by atoms with Gasteiger partial charge in [-0.15, -0.1) is 0 Å². The van der Waals surface area contributed by atoms with Crippen molar-refractivity contribution >= 4 is 33.3 Å². The third-order valence-electron chi connectivity index (χ3n) is 5.81. The van der Waals surface area contributed by atoms with E-state index in [0.717, 1.165) is 69.4 Å². The summed E-state index contributed by atoms with van der Waals surface area (Å²) in [5.74, 6) is 1.24. The Morgan fingerprint density at radius 3 is 2.71 bits per heavy atom. The molecule has 2 aromatic heterocycles. The zero-order chi connectivity index (χ0) is 19.1. The summed E-state index contributed by atoms with van der Waals surface area (Å²) in [6.45, 7) is 9.17. The maximum absolute atomic E-state index is 12.7. The first-order valence-corrected chi connectivity index (χ1v) is 10.6. The van der Waals surface area contributed by atoms with E-state index < -0.39 is 0 Å². The Morgan fingerprint density at radius 2 is 1.86 bits per heavy atom. The molecule has 4 heterocycles. The first-order chi connectivity index (χ1) is 13.7. The fourth-order valence-corrected chi connectivity index (χ4v) is 4.95. The number of benzene rings is 1. The van der Waals surface area contributed by atoms with Crippen LogP contribution in [-0.2, 0) is 6.54 Å². The predicted molar refractivity (Wildman–Crippen MR) is 111 cm³/mol. The standard InChI is InChI=1S/C20H24N6OS/c1-15-14-21-26-13-12-25(20(27)18(15)26)11-8-23-6-9-24(10-7-23)19-16-4-2-3-5-17(16)28-22-19/h2-5,14H,6-13H2,1H3. The molecule has 0 atom stereocenters. The summed E-state index contributed by atoms with van der Waals surface area (Å²) in [5.41, 5.74) is 1.73. The van der Waals surface area contributed by atoms with Crippen molar-refractivity contribution in [3.63, 3.8) is 0 Å². The van der Waals surface area contributed by atoms with Gasteiger partial charge in [0.2, 0.25) is 0 Å². The van der Waals surface area contributed by atoms with E-state index in [1.807, 2.05) is 16.5 Å². The Kier molecular flexibility index (Phi) is 4.52. The second-order valence-electron chi connectivity index (χ2n) is 7.52. The van der Waals surface area contributed by atoms with Crippen LogP contribution in [0.4, 0.5) is 5.82 Å². The van der Waals surface area contributed by atoms with Crippen LogP contribution in [0.5, 0.6) is 0 Å². The quantitative estimate of drug-likeness (QED) is 0.676. The highest BCUT2D eigenvalue weighted by Crippen LogP contribution is 2.29. The first kappa shape index (κ1) is 17.6. The summed E-state index contributed by atoms with van der Waals surface area (Å²) >= 11 is 1.58. The minimum Gasteiger partial charge on any atom is -0.353 e. The third-order valence-corrected chi connectivity index (χ3v) is 6.63. The average molecular weight is 397 g/mol. The Balaban J connectivity index is 1.17. The van der Waals surface area contributed by atoms with Crippen molar-refractivity contribution in [2.45, 2.75) is 13.5 Å². The van der Waals surface area contributed by atoms with Crippen molar-refractivity contribution < 1.29 is 4.79 Å². The van der Waals surface area contributed by atoms with Crippen LogP contribution in [0.3, 0.4) is 0 Å². The van der Waals surface area contributed by atoms with Gasteiger partial charge < -0.3 is 9.80 Å². The van der Waals surface area contributed by atoms with E-state index in [-0.39, 0.29) is 5.91 Å². The fourth-order valence-electron chi connectivity index (χ4n) is 4.15. The Hall–Kier alpha value is -2.45. The molecule has 0 spiro atoms. The van der Waals surface area contributed by atoms with Crippen LogP contribution in [0.25, 0.3) is 10.1 Å². The number of carbonyl (C=O) groups excluding carboxylic acids is 1. The molecule has 146 valence electrons. The van der Waals surface area contributed by atoms with E-state index in [4.69, 9.17) is 0 Å². The lowest BCUT2D eigenvalue weighted by Gasteiger charge is -2.36. The van der Waals surface area contributed by atoms with Crippen LogP contribution < -0.4 is 4.90 Å². The average Bonchev–Trinajstić information content (AvgIpc) is 3.32. The molecule has 2 aliphatic heterocycles. The molecule has 0 unspecified atom stereocenters. The summed E-state index contributed by atoms with van der Waals surface area (Å²) in [6, 6.07) is 8.45. The summed E-state index contributed by atoms with van der Waals surface area (Å²) in [5, 5.41) is 5.55. The van der Waals surface area contributed by atoms with Gasteiger partial charge >= 0.3 is 0 Å². The van der Waals surface area contributed by atoms with E-state index in [1.165, 1.54) is 10.1 Å². The number of hydrogen-bond acceptors (Lipinski definition) is 6. The molecular formula is C20H24N6OS. The van der Waals surface area contributed by atoms with Gasteiger partial charge in [-0.3, -0.25) is 14.4 Å². The van der Waals surface area contributed by atoms with Gasteiger partial charge in [0.1, 0.15) is 11.5 Å². The number of carbonyl (C=O) groups is 1. The molecule has 2 aliphatic rings. The molecule has 0 bridgehead atoms. The molecule has 3 aromatic rings. The van der Waals surface area contributed by atoms with Crippen LogP contribution in [0.2, 0.25) is 0 Å². The smallest absolute Gasteiger partial charge is 0.272 e. The highest BCUT2D eigenvalue weighted by Gasteiger charge is 2.28. The Bertz CT molecular complexity index is 1000. The molecule has 1 saturated heterocycles. The molecule has 5 rings (SSSR count). The number of aryl methyl sites for hydroxylation is 1. The number of piperazine rings is 1. The molecule has 0 saturated carbocycles. The van der Waals surface area contributed by atoms with Gasteiger partial charge in [-0.2, -0.15) is 9.47 Å². The monoisotopic (exact) mass is 396 g/mol. The van der Waals surface area contributed by atoms with Crippen molar-refractivity contribution in [3.05, 3.63) is 41.7 Å². The zero-order valence-corrected chi connectivity index (χ0v) is 16.9. The van der Waals surface area contributed by atoms with Crippen molar-refractivity contribution in [1.82, 2.24) is 24.0 Å². The highest BCUT2D eigenvalue weighted by molar-refractivity contribution is 7.13. The van der Waals surface area contributed by atoms with Gasteiger partial charge in [0, 0.05) is 51.2 Å². The van der Waals surface area contributed by atoms with Gasteiger partial charge in [0.15, 0.2) is 0 Å². The van der Waals surface area contributed by atoms with Crippen LogP contribution in [0, 0.1) is 6.92 Å². The van der Waals surface area contributed by atoms with Gasteiger partial charge in [-0.25, -0.2) is 0 Å². The van der Waals surface area contributed by atoms with E-state index in [1.54, 1.807) is 17.7 Å². The molecule has 1 aromatic carbocycles. The molecule has 28 heavy (non-hydrogen) atoms. The van der Waals surface area contributed by atoms with Crippen molar-refractivity contribution in [3.8, 4) is 0 Å². The normalized spacial score (nSPS) is 18.1. The number of nitrogens with zero attached hydrogens (tertiary/aromatic N) is 6. The van der Waals surface area contributed by atoms with E-state index in [9.17, 15) is 4.79 Å². The molecule has 0 aliphatic carbocycles. The molecule has 1 fully saturated rings. The lowest BCUT2D eigenvalue weighted by Crippen LogP contribution is -2.50. The first-order valence-electron chi connectivity index (χ1n) is 9.84. The Morgan fingerprint density at radius 1 is 1.04 bits per heavy atom. The Labute approximate surface area is 168 Å². The highest BCUT2D eigenvalue weighted by atomic mass is 32.1. The van der Waals surface area contributed by atoms with Crippen LogP contribution in [-0.4, -0.2) is 75.7 Å².